The van der Waals surface area contributed by atoms with E-state index >= 15 is 0 Å². The molecule has 0 unspecified atom stereocenters. The van der Waals surface area contributed by atoms with Crippen LogP contribution < -0.4 is 0 Å². The summed E-state index contributed by atoms with van der Waals surface area (Å²) in [7, 11) is 0. The largest absolute Gasteiger partial charge is 0.462 e. The van der Waals surface area contributed by atoms with Gasteiger partial charge in [-0.05, 0) is 50.0 Å². The zero-order valence-electron chi connectivity index (χ0n) is 22.1. The van der Waals surface area contributed by atoms with Crippen LogP contribution in [0.2, 0.25) is 0 Å². The Kier molecular flexibility index (Phi) is 13.1. The Labute approximate surface area is 223 Å². The summed E-state index contributed by atoms with van der Waals surface area (Å²) < 4.78 is 45.4. The molecule has 38 heavy (non-hydrogen) atoms. The second-order valence-electron chi connectivity index (χ2n) is 9.81. The van der Waals surface area contributed by atoms with E-state index in [-0.39, 0.29) is 35.8 Å². The molecule has 0 radical (unpaired) electrons. The Bertz CT molecular complexity index is 889. The second kappa shape index (κ2) is 15.7. The molecule has 1 aliphatic rings. The molecule has 1 fully saturated rings. The lowest BCUT2D eigenvalue weighted by molar-refractivity contribution is -0.278. The highest BCUT2D eigenvalue weighted by Crippen LogP contribution is 2.38. The van der Waals surface area contributed by atoms with E-state index in [1.54, 1.807) is 12.1 Å². The number of hydrogen-bond acceptors (Lipinski definition) is 7. The molecule has 0 spiro atoms. The van der Waals surface area contributed by atoms with Crippen molar-refractivity contribution in [1.29, 1.82) is 0 Å². The fraction of sp³-hybridized carbons (Fsp3) is 0.586. The van der Waals surface area contributed by atoms with Crippen LogP contribution >= 0.6 is 0 Å². The van der Waals surface area contributed by atoms with Gasteiger partial charge in [-0.1, -0.05) is 57.2 Å². The number of esters is 2. The number of aliphatic hydroxyl groups excluding tert-OH is 2. The third-order valence-corrected chi connectivity index (χ3v) is 6.88. The number of alkyl halides is 2. The van der Waals surface area contributed by atoms with Crippen LogP contribution in [0, 0.1) is 11.8 Å². The monoisotopic (exact) mass is 538 g/mol. The van der Waals surface area contributed by atoms with Gasteiger partial charge in [0, 0.05) is 5.92 Å². The van der Waals surface area contributed by atoms with Crippen LogP contribution in [0.1, 0.15) is 63.0 Å². The summed E-state index contributed by atoms with van der Waals surface area (Å²) in [4.78, 5) is 23.9. The van der Waals surface area contributed by atoms with Crippen molar-refractivity contribution in [3.05, 3.63) is 59.7 Å². The normalized spacial score (nSPS) is 17.7. The summed E-state index contributed by atoms with van der Waals surface area (Å²) in [5, 5.41) is 18.1. The van der Waals surface area contributed by atoms with Gasteiger partial charge >= 0.3 is 18.0 Å². The van der Waals surface area contributed by atoms with Crippen LogP contribution in [-0.2, 0) is 36.3 Å². The van der Waals surface area contributed by atoms with Crippen molar-refractivity contribution in [3.63, 3.8) is 0 Å². The van der Waals surface area contributed by atoms with Crippen molar-refractivity contribution in [2.45, 2.75) is 70.5 Å². The molecule has 0 aliphatic heterocycles. The minimum Gasteiger partial charge on any atom is -0.462 e. The predicted octanol–water partition coefficient (Wildman–Crippen LogP) is 4.84. The van der Waals surface area contributed by atoms with Gasteiger partial charge in [-0.25, -0.2) is 9.59 Å². The first-order valence-electron chi connectivity index (χ1n) is 13.2. The lowest BCUT2D eigenvalue weighted by Crippen LogP contribution is -2.35. The number of aryl methyl sites for hydroxylation is 1. The number of hydrogen-bond donors (Lipinski definition) is 2. The topological polar surface area (TPSA) is 102 Å². The van der Waals surface area contributed by atoms with Gasteiger partial charge in [0.25, 0.3) is 0 Å². The van der Waals surface area contributed by atoms with E-state index in [1.807, 2.05) is 0 Å². The molecule has 1 aromatic carbocycles. The van der Waals surface area contributed by atoms with Crippen molar-refractivity contribution in [3.8, 4) is 0 Å². The molecular formula is C29H40F2O7. The SMILES string of the molecule is C=C(CO)C(=O)OCC(COC(=O)C(=C)CO)C1CCC(OC(F)(F)c2ccc(CCCCC)cc2)CC1. The first kappa shape index (κ1) is 31.6. The summed E-state index contributed by atoms with van der Waals surface area (Å²) in [5.74, 6) is -2.04. The minimum atomic E-state index is -3.42. The summed E-state index contributed by atoms with van der Waals surface area (Å²) >= 11 is 0. The maximum Gasteiger partial charge on any atom is 0.383 e. The fourth-order valence-corrected chi connectivity index (χ4v) is 4.42. The highest BCUT2D eigenvalue weighted by molar-refractivity contribution is 5.88. The molecule has 2 N–H and O–H groups in total. The molecule has 2 rings (SSSR count). The summed E-state index contributed by atoms with van der Waals surface area (Å²) in [6.07, 6.45) is 1.74. The van der Waals surface area contributed by atoms with E-state index in [9.17, 15) is 18.4 Å². The molecule has 0 atom stereocenters. The van der Waals surface area contributed by atoms with Crippen molar-refractivity contribution < 1.29 is 42.8 Å². The predicted molar refractivity (Wildman–Crippen MR) is 138 cm³/mol. The molecule has 0 amide bonds. The first-order valence-corrected chi connectivity index (χ1v) is 13.2. The average molecular weight is 539 g/mol. The van der Waals surface area contributed by atoms with Crippen molar-refractivity contribution >= 4 is 11.9 Å². The van der Waals surface area contributed by atoms with E-state index in [1.165, 1.54) is 12.1 Å². The number of carbonyl (C=O) groups excluding carboxylic acids is 2. The first-order chi connectivity index (χ1) is 18.1. The molecule has 9 heteroatoms. The van der Waals surface area contributed by atoms with Crippen molar-refractivity contribution in [1.82, 2.24) is 0 Å². The van der Waals surface area contributed by atoms with Gasteiger partial charge in [0.15, 0.2) is 0 Å². The average Bonchev–Trinajstić information content (AvgIpc) is 2.92. The van der Waals surface area contributed by atoms with E-state index < -0.39 is 43.3 Å². The summed E-state index contributed by atoms with van der Waals surface area (Å²) in [5.41, 5.74) is 0.630. The van der Waals surface area contributed by atoms with Crippen molar-refractivity contribution in [2.75, 3.05) is 26.4 Å². The van der Waals surface area contributed by atoms with Crippen LogP contribution in [0.15, 0.2) is 48.6 Å². The molecule has 7 nitrogen and oxygen atoms in total. The van der Waals surface area contributed by atoms with Gasteiger partial charge in [-0.3, -0.25) is 0 Å². The number of halogens is 2. The molecule has 0 saturated heterocycles. The van der Waals surface area contributed by atoms with Gasteiger partial charge < -0.3 is 24.4 Å². The Morgan fingerprint density at radius 2 is 1.47 bits per heavy atom. The number of benzene rings is 1. The van der Waals surface area contributed by atoms with Crippen LogP contribution in [-0.4, -0.2) is 54.7 Å². The van der Waals surface area contributed by atoms with E-state index in [0.29, 0.717) is 25.7 Å². The Hall–Kier alpha value is -2.62. The highest BCUT2D eigenvalue weighted by atomic mass is 19.3. The van der Waals surface area contributed by atoms with E-state index in [4.69, 9.17) is 24.4 Å². The standard InChI is InChI=1S/C29H40F2O7/c1-4-5-6-7-22-8-12-25(13-9-22)29(30,31)38-26-14-10-23(11-15-26)24(18-36-27(34)20(2)16-32)19-37-28(35)21(3)17-33/h8-9,12-13,23-24,26,32-33H,2-7,10-11,14-19H2,1H3. The number of ether oxygens (including phenoxy) is 3. The lowest BCUT2D eigenvalue weighted by atomic mass is 9.79. The molecule has 212 valence electrons. The molecule has 0 aromatic heterocycles. The number of unbranched alkanes of at least 4 members (excludes halogenated alkanes) is 2. The molecular weight excluding hydrogens is 498 g/mol. The summed E-state index contributed by atoms with van der Waals surface area (Å²) in [6.45, 7) is 7.66. The molecule has 0 bridgehead atoms. The van der Waals surface area contributed by atoms with Crippen molar-refractivity contribution in [2.24, 2.45) is 11.8 Å². The van der Waals surface area contributed by atoms with Gasteiger partial charge in [-0.2, -0.15) is 8.78 Å². The zero-order chi connectivity index (χ0) is 28.1. The molecule has 1 aliphatic carbocycles. The zero-order valence-corrected chi connectivity index (χ0v) is 22.1. The number of aliphatic hydroxyl groups is 2. The van der Waals surface area contributed by atoms with E-state index in [2.05, 4.69) is 20.1 Å². The molecule has 1 aromatic rings. The van der Waals surface area contributed by atoms with Gasteiger partial charge in [0.05, 0.1) is 49.2 Å². The maximum atomic E-state index is 14.9. The third kappa shape index (κ3) is 9.93. The number of carbonyl (C=O) groups is 2. The van der Waals surface area contributed by atoms with Crippen LogP contribution in [0.4, 0.5) is 8.78 Å². The molecule has 1 saturated carbocycles. The minimum absolute atomic E-state index is 0.0868. The lowest BCUT2D eigenvalue weighted by Gasteiger charge is -2.34. The summed E-state index contributed by atoms with van der Waals surface area (Å²) in [6, 6.07) is 6.30. The smallest absolute Gasteiger partial charge is 0.383 e. The Morgan fingerprint density at radius 1 is 0.947 bits per heavy atom. The van der Waals surface area contributed by atoms with Gasteiger partial charge in [-0.15, -0.1) is 0 Å². The van der Waals surface area contributed by atoms with Crippen LogP contribution in [0.3, 0.4) is 0 Å². The fourth-order valence-electron chi connectivity index (χ4n) is 4.42. The Morgan fingerprint density at radius 3 is 1.95 bits per heavy atom. The number of rotatable bonds is 16. The van der Waals surface area contributed by atoms with Gasteiger partial charge in [0.2, 0.25) is 0 Å². The highest BCUT2D eigenvalue weighted by Gasteiger charge is 2.38. The Balaban J connectivity index is 1.95. The van der Waals surface area contributed by atoms with Crippen LogP contribution in [0.5, 0.6) is 0 Å². The van der Waals surface area contributed by atoms with Crippen LogP contribution in [0.25, 0.3) is 0 Å². The second-order valence-corrected chi connectivity index (χ2v) is 9.81. The maximum absolute atomic E-state index is 14.9. The van der Waals surface area contributed by atoms with Gasteiger partial charge in [0.1, 0.15) is 0 Å². The van der Waals surface area contributed by atoms with E-state index in [0.717, 1.165) is 31.2 Å². The third-order valence-electron chi connectivity index (χ3n) is 6.88. The molecule has 0 heterocycles. The quantitative estimate of drug-likeness (QED) is 0.176.